The van der Waals surface area contributed by atoms with Crippen LogP contribution in [0.1, 0.15) is 0 Å². The van der Waals surface area contributed by atoms with Crippen LogP contribution in [0.3, 0.4) is 0 Å². The smallest absolute Gasteiger partial charge is 0.238 e. The van der Waals surface area contributed by atoms with Gasteiger partial charge in [0, 0.05) is 50.0 Å². The van der Waals surface area contributed by atoms with E-state index in [4.69, 9.17) is 11.6 Å². The van der Waals surface area contributed by atoms with Crippen LogP contribution in [-0.2, 0) is 4.79 Å². The highest BCUT2D eigenvalue weighted by Crippen LogP contribution is 2.14. The van der Waals surface area contributed by atoms with E-state index >= 15 is 0 Å². The number of hydrogen-bond donors (Lipinski definition) is 2. The number of amides is 1. The second-order valence-electron chi connectivity index (χ2n) is 5.39. The number of rotatable bonds is 6. The van der Waals surface area contributed by atoms with Gasteiger partial charge in [0.2, 0.25) is 5.91 Å². The third-order valence-corrected chi connectivity index (χ3v) is 3.76. The molecule has 0 saturated carbocycles. The lowest BCUT2D eigenvalue weighted by Gasteiger charge is -2.28. The highest BCUT2D eigenvalue weighted by molar-refractivity contribution is 6.30. The highest BCUT2D eigenvalue weighted by atomic mass is 35.5. The molecule has 1 saturated heterocycles. The lowest BCUT2D eigenvalue weighted by molar-refractivity contribution is -0.117. The third-order valence-electron chi connectivity index (χ3n) is 3.53. The maximum Gasteiger partial charge on any atom is 0.238 e. The first-order valence-electron chi connectivity index (χ1n) is 7.30. The summed E-state index contributed by atoms with van der Waals surface area (Å²) in [5.74, 6) is -0.0138. The molecule has 6 heteroatoms. The van der Waals surface area contributed by atoms with Gasteiger partial charge in [-0.25, -0.2) is 0 Å². The number of carbonyl (C=O) groups is 1. The van der Waals surface area contributed by atoms with Crippen LogP contribution in [0.15, 0.2) is 24.3 Å². The van der Waals surface area contributed by atoms with E-state index < -0.39 is 0 Å². The van der Waals surface area contributed by atoms with Gasteiger partial charge in [-0.1, -0.05) is 17.7 Å². The average Bonchev–Trinajstić information content (AvgIpc) is 2.46. The van der Waals surface area contributed by atoms with Crippen LogP contribution in [0.4, 0.5) is 5.69 Å². The molecule has 1 aromatic carbocycles. The fourth-order valence-electron chi connectivity index (χ4n) is 2.34. The van der Waals surface area contributed by atoms with Gasteiger partial charge in [0.05, 0.1) is 6.54 Å². The zero-order valence-corrected chi connectivity index (χ0v) is 13.2. The summed E-state index contributed by atoms with van der Waals surface area (Å²) in [7, 11) is 1.97. The van der Waals surface area contributed by atoms with Gasteiger partial charge in [-0.05, 0) is 25.2 Å². The number of nitrogens with one attached hydrogen (secondary N) is 2. The van der Waals surface area contributed by atoms with Gasteiger partial charge in [-0.2, -0.15) is 0 Å². The summed E-state index contributed by atoms with van der Waals surface area (Å²) in [5.41, 5.74) is 0.739. The van der Waals surface area contributed by atoms with Crippen LogP contribution in [-0.4, -0.2) is 68.6 Å². The molecular formula is C15H23ClN4O. The SMILES string of the molecule is CN(CCN1CCNCC1)CC(=O)Nc1cccc(Cl)c1. The van der Waals surface area contributed by atoms with E-state index in [1.165, 1.54) is 0 Å². The predicted octanol–water partition coefficient (Wildman–Crippen LogP) is 1.12. The van der Waals surface area contributed by atoms with Gasteiger partial charge in [-0.15, -0.1) is 0 Å². The summed E-state index contributed by atoms with van der Waals surface area (Å²) >= 11 is 5.90. The minimum Gasteiger partial charge on any atom is -0.325 e. The van der Waals surface area contributed by atoms with Crippen LogP contribution >= 0.6 is 11.6 Å². The molecule has 5 nitrogen and oxygen atoms in total. The zero-order valence-electron chi connectivity index (χ0n) is 12.4. The second kappa shape index (κ2) is 8.34. The third kappa shape index (κ3) is 6.01. The lowest BCUT2D eigenvalue weighted by Crippen LogP contribution is -2.46. The molecule has 1 aliphatic heterocycles. The molecule has 1 heterocycles. The Morgan fingerprint density at radius 1 is 1.43 bits per heavy atom. The Balaban J connectivity index is 1.69. The Labute approximate surface area is 131 Å². The molecule has 0 atom stereocenters. The summed E-state index contributed by atoms with van der Waals surface area (Å²) in [4.78, 5) is 16.4. The summed E-state index contributed by atoms with van der Waals surface area (Å²) < 4.78 is 0. The molecule has 1 amide bonds. The van der Waals surface area contributed by atoms with Crippen molar-refractivity contribution in [3.63, 3.8) is 0 Å². The van der Waals surface area contributed by atoms with E-state index in [1.54, 1.807) is 12.1 Å². The van der Waals surface area contributed by atoms with Gasteiger partial charge < -0.3 is 10.6 Å². The fourth-order valence-corrected chi connectivity index (χ4v) is 2.53. The number of hydrogen-bond acceptors (Lipinski definition) is 4. The van der Waals surface area contributed by atoms with Gasteiger partial charge >= 0.3 is 0 Å². The Hall–Kier alpha value is -1.14. The molecule has 1 aliphatic rings. The Morgan fingerprint density at radius 2 is 2.19 bits per heavy atom. The highest BCUT2D eigenvalue weighted by Gasteiger charge is 2.12. The maximum atomic E-state index is 12.0. The van der Waals surface area contributed by atoms with Crippen molar-refractivity contribution in [2.24, 2.45) is 0 Å². The molecule has 0 unspecified atom stereocenters. The monoisotopic (exact) mass is 310 g/mol. The molecule has 1 fully saturated rings. The molecule has 2 N–H and O–H groups in total. The minimum absolute atomic E-state index is 0.0138. The summed E-state index contributed by atoms with van der Waals surface area (Å²) in [6.45, 7) is 6.56. The second-order valence-corrected chi connectivity index (χ2v) is 5.82. The van der Waals surface area contributed by atoms with Gasteiger partial charge in [-0.3, -0.25) is 14.6 Å². The molecule has 0 radical (unpaired) electrons. The van der Waals surface area contributed by atoms with Crippen LogP contribution < -0.4 is 10.6 Å². The fraction of sp³-hybridized carbons (Fsp3) is 0.533. The first-order chi connectivity index (χ1) is 10.1. The van der Waals surface area contributed by atoms with E-state index in [0.29, 0.717) is 11.6 Å². The molecule has 116 valence electrons. The van der Waals surface area contributed by atoms with Crippen molar-refractivity contribution >= 4 is 23.2 Å². The van der Waals surface area contributed by atoms with Crippen molar-refractivity contribution in [2.45, 2.75) is 0 Å². The van der Waals surface area contributed by atoms with Crippen molar-refractivity contribution in [1.29, 1.82) is 0 Å². The van der Waals surface area contributed by atoms with Crippen LogP contribution in [0.25, 0.3) is 0 Å². The number of piperazine rings is 1. The molecule has 0 bridgehead atoms. The van der Waals surface area contributed by atoms with Crippen molar-refractivity contribution in [3.8, 4) is 0 Å². The number of anilines is 1. The quantitative estimate of drug-likeness (QED) is 0.826. The number of likely N-dealkylation sites (N-methyl/N-ethyl adjacent to an activating group) is 1. The van der Waals surface area contributed by atoms with Crippen LogP contribution in [0.2, 0.25) is 5.02 Å². The molecule has 0 spiro atoms. The van der Waals surface area contributed by atoms with E-state index in [-0.39, 0.29) is 5.91 Å². The number of carbonyl (C=O) groups excluding carboxylic acids is 1. The van der Waals surface area contributed by atoms with Gasteiger partial charge in [0.15, 0.2) is 0 Å². The molecule has 0 aromatic heterocycles. The topological polar surface area (TPSA) is 47.6 Å². The average molecular weight is 311 g/mol. The number of benzene rings is 1. The first kappa shape index (κ1) is 16.2. The summed E-state index contributed by atoms with van der Waals surface area (Å²) in [6.07, 6.45) is 0. The maximum absolute atomic E-state index is 12.0. The van der Waals surface area contributed by atoms with Gasteiger partial charge in [0.1, 0.15) is 0 Å². The lowest BCUT2D eigenvalue weighted by atomic mass is 10.3. The number of nitrogens with zero attached hydrogens (tertiary/aromatic N) is 2. The van der Waals surface area contributed by atoms with E-state index in [0.717, 1.165) is 45.0 Å². The van der Waals surface area contributed by atoms with E-state index in [2.05, 4.69) is 15.5 Å². The Morgan fingerprint density at radius 3 is 2.90 bits per heavy atom. The first-order valence-corrected chi connectivity index (χ1v) is 7.68. The number of halogens is 1. The Bertz CT molecular complexity index is 463. The predicted molar refractivity (Wildman–Crippen MR) is 86.9 cm³/mol. The zero-order chi connectivity index (χ0) is 15.1. The largest absolute Gasteiger partial charge is 0.325 e. The normalized spacial score (nSPS) is 16.1. The standard InChI is InChI=1S/C15H23ClN4O/c1-19(9-10-20-7-5-17-6-8-20)12-15(21)18-14-4-2-3-13(16)11-14/h2-4,11,17H,5-10,12H2,1H3,(H,18,21). The Kier molecular flexibility index (Phi) is 6.45. The van der Waals surface area contributed by atoms with Crippen molar-refractivity contribution in [3.05, 3.63) is 29.3 Å². The van der Waals surface area contributed by atoms with Crippen LogP contribution in [0.5, 0.6) is 0 Å². The minimum atomic E-state index is -0.0138. The van der Waals surface area contributed by atoms with Gasteiger partial charge in [0.25, 0.3) is 0 Å². The van der Waals surface area contributed by atoms with Crippen molar-refractivity contribution < 1.29 is 4.79 Å². The molecule has 2 rings (SSSR count). The molecule has 21 heavy (non-hydrogen) atoms. The summed E-state index contributed by atoms with van der Waals surface area (Å²) in [6, 6.07) is 7.20. The molecule has 0 aliphatic carbocycles. The van der Waals surface area contributed by atoms with Crippen molar-refractivity contribution in [1.82, 2.24) is 15.1 Å². The van der Waals surface area contributed by atoms with Crippen molar-refractivity contribution in [2.75, 3.05) is 58.2 Å². The van der Waals surface area contributed by atoms with Crippen LogP contribution in [0, 0.1) is 0 Å². The van der Waals surface area contributed by atoms with E-state index in [9.17, 15) is 4.79 Å². The summed E-state index contributed by atoms with van der Waals surface area (Å²) in [5, 5.41) is 6.82. The molecular weight excluding hydrogens is 288 g/mol. The molecule has 1 aromatic rings. The van der Waals surface area contributed by atoms with E-state index in [1.807, 2.05) is 24.1 Å².